The zero-order valence-electron chi connectivity index (χ0n) is 17.9. The molecule has 0 unspecified atom stereocenters. The van der Waals surface area contributed by atoms with Gasteiger partial charge in [0.15, 0.2) is 0 Å². The summed E-state index contributed by atoms with van der Waals surface area (Å²) in [5.41, 5.74) is 0.833. The molecule has 34 heavy (non-hydrogen) atoms. The molecule has 176 valence electrons. The van der Waals surface area contributed by atoms with Gasteiger partial charge in [0.05, 0.1) is 16.3 Å². The van der Waals surface area contributed by atoms with E-state index in [4.69, 9.17) is 0 Å². The molecule has 3 heterocycles. The first kappa shape index (κ1) is 22.3. The number of sulfonamides is 1. The number of benzene rings is 2. The summed E-state index contributed by atoms with van der Waals surface area (Å²) in [5.74, 6) is -1.63. The number of nitrogens with zero attached hydrogens (tertiary/aromatic N) is 2. The van der Waals surface area contributed by atoms with Crippen molar-refractivity contribution in [3.8, 4) is 0 Å². The van der Waals surface area contributed by atoms with Gasteiger partial charge in [-0.05, 0) is 60.9 Å². The first-order valence-corrected chi connectivity index (χ1v) is 12.3. The van der Waals surface area contributed by atoms with Gasteiger partial charge in [0, 0.05) is 37.2 Å². The maximum atomic E-state index is 13.6. The van der Waals surface area contributed by atoms with E-state index in [1.165, 1.54) is 48.5 Å². The number of carbonyl (C=O) groups is 1. The minimum Gasteiger partial charge on any atom is -0.338 e. The Kier molecular flexibility index (Phi) is 5.47. The molecular weight excluding hydrogens is 464 g/mol. The Bertz CT molecular complexity index is 1440. The van der Waals surface area contributed by atoms with Gasteiger partial charge in [-0.1, -0.05) is 6.07 Å². The number of anilines is 1. The van der Waals surface area contributed by atoms with Crippen LogP contribution in [0, 0.1) is 17.6 Å². The van der Waals surface area contributed by atoms with E-state index in [2.05, 4.69) is 4.72 Å². The average molecular weight is 486 g/mol. The summed E-state index contributed by atoms with van der Waals surface area (Å²) in [6, 6.07) is 12.7. The molecule has 1 aromatic heterocycles. The van der Waals surface area contributed by atoms with Gasteiger partial charge < -0.3 is 9.47 Å². The van der Waals surface area contributed by atoms with E-state index in [0.29, 0.717) is 30.8 Å². The normalized spacial score (nSPS) is 19.4. The van der Waals surface area contributed by atoms with E-state index in [-0.39, 0.29) is 40.4 Å². The minimum absolute atomic E-state index is 0.0171. The number of fused-ring (bicyclic) bond motifs is 4. The van der Waals surface area contributed by atoms with Crippen LogP contribution in [0.3, 0.4) is 0 Å². The highest BCUT2D eigenvalue weighted by Crippen LogP contribution is 2.39. The van der Waals surface area contributed by atoms with Crippen LogP contribution in [0.2, 0.25) is 0 Å². The fourth-order valence-electron chi connectivity index (χ4n) is 4.88. The second-order valence-electron chi connectivity index (χ2n) is 8.66. The first-order valence-electron chi connectivity index (χ1n) is 10.8. The van der Waals surface area contributed by atoms with Crippen molar-refractivity contribution in [1.29, 1.82) is 0 Å². The molecule has 0 spiro atoms. The van der Waals surface area contributed by atoms with Gasteiger partial charge in [-0.25, -0.2) is 17.2 Å². The van der Waals surface area contributed by atoms with Crippen LogP contribution in [0.25, 0.3) is 0 Å². The third-order valence-corrected chi connectivity index (χ3v) is 7.68. The lowest BCUT2D eigenvalue weighted by Crippen LogP contribution is -2.49. The molecule has 0 saturated carbocycles. The van der Waals surface area contributed by atoms with E-state index in [1.54, 1.807) is 9.47 Å². The van der Waals surface area contributed by atoms with Crippen molar-refractivity contribution in [2.24, 2.45) is 5.92 Å². The number of piperidine rings is 1. The molecule has 7 nitrogen and oxygen atoms in total. The molecule has 3 aromatic rings. The van der Waals surface area contributed by atoms with Gasteiger partial charge in [0.2, 0.25) is 0 Å². The van der Waals surface area contributed by atoms with Crippen LogP contribution in [0.15, 0.2) is 70.4 Å². The number of nitrogens with one attached hydrogen (secondary N) is 1. The highest BCUT2D eigenvalue weighted by Gasteiger charge is 2.38. The number of likely N-dealkylation sites (tertiary alicyclic amines) is 1. The number of rotatable bonds is 4. The Hall–Kier alpha value is -3.53. The second-order valence-corrected chi connectivity index (χ2v) is 10.3. The topological polar surface area (TPSA) is 88.5 Å². The molecule has 2 atom stereocenters. The van der Waals surface area contributed by atoms with E-state index in [0.717, 1.165) is 12.1 Å². The van der Waals surface area contributed by atoms with Crippen molar-refractivity contribution < 1.29 is 22.0 Å². The standard InChI is InChI=1S/C24H21F2N3O4S/c25-18-6-4-16(5-7-18)24(31)28-12-15-10-17(14-28)23-21(8-9-22(30)29(23)13-15)27-34(32,33)20-3-1-2-19(26)11-20/h1-9,11,15,17,27H,10,12-14H2/t15-,17+/m0/s1. The van der Waals surface area contributed by atoms with E-state index in [9.17, 15) is 26.8 Å². The van der Waals surface area contributed by atoms with Crippen molar-refractivity contribution in [3.05, 3.63) is 93.9 Å². The SMILES string of the molecule is O=C(c1ccc(F)cc1)N1C[C@@H]2C[C@H](C1)c1c(NS(=O)(=O)c3cccc(F)c3)ccc(=O)n1C2. The highest BCUT2D eigenvalue weighted by atomic mass is 32.2. The first-order chi connectivity index (χ1) is 16.2. The molecule has 1 saturated heterocycles. The molecule has 1 N–H and O–H groups in total. The third kappa shape index (κ3) is 4.09. The van der Waals surface area contributed by atoms with E-state index >= 15 is 0 Å². The lowest BCUT2D eigenvalue weighted by atomic mass is 9.82. The van der Waals surface area contributed by atoms with Crippen molar-refractivity contribution in [2.75, 3.05) is 17.8 Å². The van der Waals surface area contributed by atoms with E-state index in [1.807, 2.05) is 0 Å². The van der Waals surface area contributed by atoms with Crippen molar-refractivity contribution >= 4 is 21.6 Å². The van der Waals surface area contributed by atoms with E-state index < -0.39 is 21.7 Å². The van der Waals surface area contributed by atoms with Gasteiger partial charge >= 0.3 is 0 Å². The van der Waals surface area contributed by atoms with Gasteiger partial charge in [-0.15, -0.1) is 0 Å². The maximum Gasteiger partial charge on any atom is 0.262 e. The fourth-order valence-corrected chi connectivity index (χ4v) is 5.99. The van der Waals surface area contributed by atoms with Crippen LogP contribution >= 0.6 is 0 Å². The van der Waals surface area contributed by atoms with Crippen LogP contribution in [0.4, 0.5) is 14.5 Å². The van der Waals surface area contributed by atoms with Gasteiger partial charge in [-0.3, -0.25) is 14.3 Å². The van der Waals surface area contributed by atoms with Crippen LogP contribution in [0.1, 0.15) is 28.4 Å². The van der Waals surface area contributed by atoms with Gasteiger partial charge in [-0.2, -0.15) is 0 Å². The monoisotopic (exact) mass is 485 g/mol. The zero-order chi connectivity index (χ0) is 24.0. The molecule has 1 amide bonds. The number of halogens is 2. The Morgan fingerprint density at radius 2 is 1.71 bits per heavy atom. The summed E-state index contributed by atoms with van der Waals surface area (Å²) in [4.78, 5) is 27.1. The lowest BCUT2D eigenvalue weighted by Gasteiger charge is -2.43. The van der Waals surface area contributed by atoms with Gasteiger partial charge in [0.25, 0.3) is 21.5 Å². The molecule has 1 fully saturated rings. The Balaban J connectivity index is 1.48. The molecule has 2 aliphatic heterocycles. The minimum atomic E-state index is -4.11. The molecule has 0 aliphatic carbocycles. The number of hydrogen-bond donors (Lipinski definition) is 1. The van der Waals surface area contributed by atoms with Crippen molar-refractivity contribution in [1.82, 2.24) is 9.47 Å². The number of aromatic nitrogens is 1. The smallest absolute Gasteiger partial charge is 0.262 e. The summed E-state index contributed by atoms with van der Waals surface area (Å²) in [6.07, 6.45) is 0.686. The molecular formula is C24H21F2N3O4S. The Morgan fingerprint density at radius 3 is 2.44 bits per heavy atom. The maximum absolute atomic E-state index is 13.6. The zero-order valence-corrected chi connectivity index (χ0v) is 18.8. The Morgan fingerprint density at radius 1 is 0.941 bits per heavy atom. The van der Waals surface area contributed by atoms with Crippen LogP contribution in [0.5, 0.6) is 0 Å². The van der Waals surface area contributed by atoms with Crippen LogP contribution < -0.4 is 10.3 Å². The summed E-state index contributed by atoms with van der Waals surface area (Å²) in [7, 11) is -4.11. The predicted octanol–water partition coefficient (Wildman–Crippen LogP) is 3.19. The summed E-state index contributed by atoms with van der Waals surface area (Å²) < 4.78 is 56.8. The molecule has 10 heteroatoms. The molecule has 2 aromatic carbocycles. The predicted molar refractivity (Wildman–Crippen MR) is 121 cm³/mol. The third-order valence-electron chi connectivity index (χ3n) is 6.32. The quantitative estimate of drug-likeness (QED) is 0.615. The van der Waals surface area contributed by atoms with Crippen LogP contribution in [-0.4, -0.2) is 36.9 Å². The molecule has 2 bridgehead atoms. The number of carbonyl (C=O) groups excluding carboxylic acids is 1. The van der Waals surface area contributed by atoms with Crippen molar-refractivity contribution in [3.63, 3.8) is 0 Å². The number of hydrogen-bond acceptors (Lipinski definition) is 4. The highest BCUT2D eigenvalue weighted by molar-refractivity contribution is 7.92. The number of amides is 1. The number of pyridine rings is 1. The average Bonchev–Trinajstić information content (AvgIpc) is 2.80. The summed E-state index contributed by atoms with van der Waals surface area (Å²) in [5, 5.41) is 0. The van der Waals surface area contributed by atoms with Crippen molar-refractivity contribution in [2.45, 2.75) is 23.8 Å². The lowest BCUT2D eigenvalue weighted by molar-refractivity contribution is 0.0595. The fraction of sp³-hybridized carbons (Fsp3) is 0.250. The second kappa shape index (κ2) is 8.35. The largest absolute Gasteiger partial charge is 0.338 e. The Labute approximate surface area is 194 Å². The summed E-state index contributed by atoms with van der Waals surface area (Å²) in [6.45, 7) is 1.07. The van der Waals surface area contributed by atoms with Gasteiger partial charge in [0.1, 0.15) is 11.6 Å². The molecule has 5 rings (SSSR count). The molecule has 0 radical (unpaired) electrons. The summed E-state index contributed by atoms with van der Waals surface area (Å²) >= 11 is 0. The van der Waals surface area contributed by atoms with Crippen LogP contribution in [-0.2, 0) is 16.6 Å². The molecule has 2 aliphatic rings.